The molecule has 1 aromatic rings. The van der Waals surface area contributed by atoms with E-state index in [1.165, 1.54) is 12.0 Å². The highest BCUT2D eigenvalue weighted by Gasteiger charge is 2.59. The van der Waals surface area contributed by atoms with Crippen molar-refractivity contribution in [1.82, 2.24) is 0 Å². The number of amides is 2. The van der Waals surface area contributed by atoms with Crippen molar-refractivity contribution in [2.24, 2.45) is 23.7 Å². The molecule has 2 bridgehead atoms. The fraction of sp³-hybridized carbons (Fsp3) is 0.412. The summed E-state index contributed by atoms with van der Waals surface area (Å²) in [5.41, 5.74) is 0.557. The lowest BCUT2D eigenvalue weighted by molar-refractivity contribution is -0.123. The van der Waals surface area contributed by atoms with E-state index in [1.807, 2.05) is 0 Å². The molecule has 0 aromatic heterocycles. The molecule has 1 aromatic carbocycles. The highest BCUT2D eigenvalue weighted by atomic mass is 16.5. The molecule has 0 spiro atoms. The second-order valence-electron chi connectivity index (χ2n) is 6.05. The van der Waals surface area contributed by atoms with Crippen molar-refractivity contribution in [3.8, 4) is 11.5 Å². The van der Waals surface area contributed by atoms with E-state index < -0.39 is 0 Å². The first kappa shape index (κ1) is 13.4. The number of nitrogens with zero attached hydrogens (tertiary/aromatic N) is 1. The standard InChI is InChI=1S/C17H17NO4/c1-21-12-6-5-11(8-13(12)22-2)18-16(19)14-9-3-4-10(7-9)15(14)17(18)20/h3-6,8-10,14-15H,7H2,1-2H3/t9-,10-,14-,15+/m0/s1. The number of methoxy groups -OCH3 is 2. The van der Waals surface area contributed by atoms with Crippen LogP contribution >= 0.6 is 0 Å². The van der Waals surface area contributed by atoms with Crippen LogP contribution in [0.3, 0.4) is 0 Å². The van der Waals surface area contributed by atoms with Crippen LogP contribution in [0.15, 0.2) is 30.4 Å². The van der Waals surface area contributed by atoms with Crippen molar-refractivity contribution < 1.29 is 19.1 Å². The van der Waals surface area contributed by atoms with Gasteiger partial charge < -0.3 is 9.47 Å². The van der Waals surface area contributed by atoms with Gasteiger partial charge in [0, 0.05) is 6.07 Å². The van der Waals surface area contributed by atoms with Crippen molar-refractivity contribution >= 4 is 17.5 Å². The van der Waals surface area contributed by atoms with Crippen LogP contribution in [0.2, 0.25) is 0 Å². The minimum atomic E-state index is -0.185. The first-order valence-corrected chi connectivity index (χ1v) is 7.44. The fourth-order valence-electron chi connectivity index (χ4n) is 4.12. The SMILES string of the molecule is COc1ccc(N2C(=O)[C@@H]3[C@H](C2=O)[C@H]2C=C[C@H]3C2)cc1OC. The molecule has 1 saturated carbocycles. The van der Waals surface area contributed by atoms with Crippen LogP contribution in [0.5, 0.6) is 11.5 Å². The van der Waals surface area contributed by atoms with Crippen LogP contribution in [0.4, 0.5) is 5.69 Å². The first-order valence-electron chi connectivity index (χ1n) is 7.44. The Kier molecular flexibility index (Phi) is 2.79. The van der Waals surface area contributed by atoms with E-state index in [4.69, 9.17) is 9.47 Å². The van der Waals surface area contributed by atoms with E-state index >= 15 is 0 Å². The van der Waals surface area contributed by atoms with Crippen molar-refractivity contribution in [2.75, 3.05) is 19.1 Å². The van der Waals surface area contributed by atoms with Crippen LogP contribution in [-0.2, 0) is 9.59 Å². The van der Waals surface area contributed by atoms with Crippen LogP contribution in [-0.4, -0.2) is 26.0 Å². The average molecular weight is 299 g/mol. The van der Waals surface area contributed by atoms with Gasteiger partial charge in [0.25, 0.3) is 0 Å². The molecule has 5 nitrogen and oxygen atoms in total. The van der Waals surface area contributed by atoms with Gasteiger partial charge in [0.15, 0.2) is 11.5 Å². The quantitative estimate of drug-likeness (QED) is 0.633. The van der Waals surface area contributed by atoms with Crippen LogP contribution in [0.25, 0.3) is 0 Å². The predicted molar refractivity (Wildman–Crippen MR) is 79.8 cm³/mol. The molecule has 5 heteroatoms. The van der Waals surface area contributed by atoms with Gasteiger partial charge in [-0.2, -0.15) is 0 Å². The molecule has 1 saturated heterocycles. The zero-order valence-electron chi connectivity index (χ0n) is 12.5. The zero-order valence-corrected chi connectivity index (χ0v) is 12.5. The molecule has 0 unspecified atom stereocenters. The zero-order chi connectivity index (χ0) is 15.4. The molecule has 22 heavy (non-hydrogen) atoms. The first-order chi connectivity index (χ1) is 10.7. The highest BCUT2D eigenvalue weighted by Crippen LogP contribution is 2.53. The second kappa shape index (κ2) is 4.60. The Morgan fingerprint density at radius 3 is 2.09 bits per heavy atom. The third kappa shape index (κ3) is 1.59. The smallest absolute Gasteiger partial charge is 0.238 e. The molecule has 3 aliphatic rings. The number of anilines is 1. The van der Waals surface area contributed by atoms with Crippen LogP contribution < -0.4 is 14.4 Å². The third-order valence-electron chi connectivity index (χ3n) is 5.10. The fourth-order valence-corrected chi connectivity index (χ4v) is 4.12. The molecule has 1 heterocycles. The molecule has 4 atom stereocenters. The van der Waals surface area contributed by atoms with Gasteiger partial charge in [0.2, 0.25) is 11.8 Å². The van der Waals surface area contributed by atoms with E-state index in [2.05, 4.69) is 12.2 Å². The maximum absolute atomic E-state index is 12.7. The normalized spacial score (nSPS) is 31.8. The monoisotopic (exact) mass is 299 g/mol. The molecule has 114 valence electrons. The maximum atomic E-state index is 12.7. The lowest BCUT2D eigenvalue weighted by Gasteiger charge is -2.18. The second-order valence-corrected chi connectivity index (χ2v) is 6.05. The van der Waals surface area contributed by atoms with E-state index in [0.29, 0.717) is 17.2 Å². The van der Waals surface area contributed by atoms with E-state index in [-0.39, 0.29) is 35.5 Å². The molecular formula is C17H17NO4. The van der Waals surface area contributed by atoms with Crippen molar-refractivity contribution in [2.45, 2.75) is 6.42 Å². The number of benzene rings is 1. The minimum absolute atomic E-state index is 0.0842. The molecule has 2 fully saturated rings. The van der Waals surface area contributed by atoms with Gasteiger partial charge in [-0.15, -0.1) is 0 Å². The van der Waals surface area contributed by atoms with Gasteiger partial charge >= 0.3 is 0 Å². The maximum Gasteiger partial charge on any atom is 0.238 e. The Morgan fingerprint density at radius 2 is 1.55 bits per heavy atom. The Balaban J connectivity index is 1.72. The van der Waals surface area contributed by atoms with E-state index in [1.54, 1.807) is 25.3 Å². The summed E-state index contributed by atoms with van der Waals surface area (Å²) >= 11 is 0. The van der Waals surface area contributed by atoms with Crippen molar-refractivity contribution in [3.05, 3.63) is 30.4 Å². The van der Waals surface area contributed by atoms with Gasteiger partial charge in [0.1, 0.15) is 0 Å². The molecule has 2 amide bonds. The Morgan fingerprint density at radius 1 is 0.955 bits per heavy atom. The van der Waals surface area contributed by atoms with Gasteiger partial charge in [-0.05, 0) is 30.4 Å². The molecular weight excluding hydrogens is 282 g/mol. The lowest BCUT2D eigenvalue weighted by Crippen LogP contribution is -2.32. The number of fused-ring (bicyclic) bond motifs is 5. The van der Waals surface area contributed by atoms with Crippen molar-refractivity contribution in [3.63, 3.8) is 0 Å². The molecule has 4 rings (SSSR count). The molecule has 0 radical (unpaired) electrons. The number of imide groups is 1. The topological polar surface area (TPSA) is 55.8 Å². The molecule has 2 aliphatic carbocycles. The predicted octanol–water partition coefficient (Wildman–Crippen LogP) is 2.02. The number of allylic oxidation sites excluding steroid dienone is 2. The number of hydrogen-bond donors (Lipinski definition) is 0. The summed E-state index contributed by atoms with van der Waals surface area (Å²) in [6.07, 6.45) is 5.12. The highest BCUT2D eigenvalue weighted by molar-refractivity contribution is 6.22. The largest absolute Gasteiger partial charge is 0.493 e. The number of carbonyl (C=O) groups excluding carboxylic acids is 2. The number of ether oxygens (including phenoxy) is 2. The Hall–Kier alpha value is -2.30. The number of hydrogen-bond acceptors (Lipinski definition) is 4. The number of rotatable bonds is 3. The lowest BCUT2D eigenvalue weighted by atomic mass is 9.85. The summed E-state index contributed by atoms with van der Waals surface area (Å²) in [5.74, 6) is 0.989. The summed E-state index contributed by atoms with van der Waals surface area (Å²) in [4.78, 5) is 26.8. The summed E-state index contributed by atoms with van der Waals surface area (Å²) in [6, 6.07) is 5.13. The Bertz CT molecular complexity index is 666. The van der Waals surface area contributed by atoms with Gasteiger partial charge in [0.05, 0.1) is 31.7 Å². The molecule has 0 N–H and O–H groups in total. The molecule has 1 aliphatic heterocycles. The van der Waals surface area contributed by atoms with Crippen molar-refractivity contribution in [1.29, 1.82) is 0 Å². The minimum Gasteiger partial charge on any atom is -0.493 e. The van der Waals surface area contributed by atoms with Crippen LogP contribution in [0, 0.1) is 23.7 Å². The number of carbonyl (C=O) groups is 2. The van der Waals surface area contributed by atoms with Gasteiger partial charge in [-0.3, -0.25) is 9.59 Å². The van der Waals surface area contributed by atoms with Crippen LogP contribution in [0.1, 0.15) is 6.42 Å². The summed E-state index contributed by atoms with van der Waals surface area (Å²) < 4.78 is 10.5. The average Bonchev–Trinajstić information content (AvgIpc) is 3.21. The third-order valence-corrected chi connectivity index (χ3v) is 5.10. The summed E-state index contributed by atoms with van der Waals surface area (Å²) in [5, 5.41) is 0. The van der Waals surface area contributed by atoms with Gasteiger partial charge in [-0.25, -0.2) is 4.90 Å². The Labute approximate surface area is 128 Å². The van der Waals surface area contributed by atoms with E-state index in [0.717, 1.165) is 6.42 Å². The van der Waals surface area contributed by atoms with E-state index in [9.17, 15) is 9.59 Å². The summed E-state index contributed by atoms with van der Waals surface area (Å²) in [6.45, 7) is 0. The summed E-state index contributed by atoms with van der Waals surface area (Å²) in [7, 11) is 3.09. The van der Waals surface area contributed by atoms with Gasteiger partial charge in [-0.1, -0.05) is 12.2 Å².